The fourth-order valence-electron chi connectivity index (χ4n) is 5.93. The van der Waals surface area contributed by atoms with Gasteiger partial charge in [-0.2, -0.15) is 13.2 Å². The first-order chi connectivity index (χ1) is 20.4. The van der Waals surface area contributed by atoms with Gasteiger partial charge < -0.3 is 20.1 Å². The van der Waals surface area contributed by atoms with Crippen LogP contribution in [0.3, 0.4) is 0 Å². The molecule has 0 spiro atoms. The normalized spacial score (nSPS) is 21.3. The molecule has 0 saturated heterocycles. The number of anilines is 1. The van der Waals surface area contributed by atoms with E-state index in [9.17, 15) is 35.6 Å². The lowest BCUT2D eigenvalue weighted by Crippen LogP contribution is -2.48. The van der Waals surface area contributed by atoms with Crippen molar-refractivity contribution in [3.05, 3.63) is 83.7 Å². The monoisotopic (exact) mass is 620 g/mol. The average molecular weight is 621 g/mol. The molecule has 0 aromatic heterocycles. The molecule has 5 rings (SSSR count). The molecule has 228 valence electrons. The summed E-state index contributed by atoms with van der Waals surface area (Å²) in [4.78, 5) is 25.9. The summed E-state index contributed by atoms with van der Waals surface area (Å²) >= 11 is 0. The van der Waals surface area contributed by atoms with Gasteiger partial charge in [-0.25, -0.2) is 12.8 Å². The predicted molar refractivity (Wildman–Crippen MR) is 148 cm³/mol. The average Bonchev–Trinajstić information content (AvgIpc) is 3.58. The Balaban J connectivity index is 1.34. The third kappa shape index (κ3) is 6.17. The van der Waals surface area contributed by atoms with Crippen LogP contribution in [-0.4, -0.2) is 38.9 Å². The number of amides is 2. The Bertz CT molecular complexity index is 1630. The zero-order valence-electron chi connectivity index (χ0n) is 22.9. The number of ether oxygens (including phenoxy) is 2. The maximum Gasteiger partial charge on any atom is 0.501 e. The van der Waals surface area contributed by atoms with Crippen LogP contribution in [0.25, 0.3) is 0 Å². The fourth-order valence-corrected chi connectivity index (χ4v) is 6.74. The van der Waals surface area contributed by atoms with Crippen LogP contribution in [0.1, 0.15) is 35.2 Å². The number of fused-ring (bicyclic) bond motifs is 2. The van der Waals surface area contributed by atoms with Crippen molar-refractivity contribution in [1.82, 2.24) is 5.32 Å². The molecule has 2 bridgehead atoms. The van der Waals surface area contributed by atoms with Gasteiger partial charge in [-0.15, -0.1) is 0 Å². The van der Waals surface area contributed by atoms with Gasteiger partial charge in [0.15, 0.2) is 11.6 Å². The number of methoxy groups -OCH3 is 1. The molecule has 3 aromatic rings. The van der Waals surface area contributed by atoms with Crippen LogP contribution in [0.5, 0.6) is 11.5 Å². The molecule has 2 amide bonds. The van der Waals surface area contributed by atoms with Crippen LogP contribution in [0.4, 0.5) is 23.2 Å². The summed E-state index contributed by atoms with van der Waals surface area (Å²) in [6, 6.07) is 14.7. The van der Waals surface area contributed by atoms with Gasteiger partial charge in [0.05, 0.1) is 23.5 Å². The number of hydrogen-bond acceptors (Lipinski definition) is 6. The van der Waals surface area contributed by atoms with Gasteiger partial charge in [-0.1, -0.05) is 36.4 Å². The summed E-state index contributed by atoms with van der Waals surface area (Å²) in [5.74, 6) is -2.96. The molecule has 2 fully saturated rings. The van der Waals surface area contributed by atoms with E-state index < -0.39 is 49.8 Å². The van der Waals surface area contributed by atoms with Crippen molar-refractivity contribution in [3.63, 3.8) is 0 Å². The lowest BCUT2D eigenvalue weighted by molar-refractivity contribution is -0.122. The molecule has 2 N–H and O–H groups in total. The Morgan fingerprint density at radius 1 is 0.953 bits per heavy atom. The first-order valence-corrected chi connectivity index (χ1v) is 14.9. The summed E-state index contributed by atoms with van der Waals surface area (Å²) in [7, 11) is -4.32. The van der Waals surface area contributed by atoms with E-state index in [0.717, 1.165) is 42.7 Å². The molecule has 0 unspecified atom stereocenters. The van der Waals surface area contributed by atoms with Crippen LogP contribution < -0.4 is 20.1 Å². The number of alkyl halides is 3. The van der Waals surface area contributed by atoms with Crippen LogP contribution in [0.2, 0.25) is 0 Å². The molecule has 0 heterocycles. The molecule has 2 aliphatic carbocycles. The van der Waals surface area contributed by atoms with Crippen molar-refractivity contribution in [2.75, 3.05) is 12.4 Å². The molecular formula is C30H28F4N2O6S. The van der Waals surface area contributed by atoms with E-state index in [1.165, 1.54) is 19.2 Å². The van der Waals surface area contributed by atoms with E-state index in [1.807, 2.05) is 18.2 Å². The summed E-state index contributed by atoms with van der Waals surface area (Å²) < 4.78 is 88.4. The highest BCUT2D eigenvalue weighted by Crippen LogP contribution is 2.49. The van der Waals surface area contributed by atoms with Crippen LogP contribution >= 0.6 is 0 Å². The van der Waals surface area contributed by atoms with Crippen molar-refractivity contribution >= 4 is 27.3 Å². The number of benzene rings is 3. The zero-order chi connectivity index (χ0) is 30.9. The highest BCUT2D eigenvalue weighted by atomic mass is 32.2. The number of carbonyl (C=O) groups is 2. The maximum atomic E-state index is 14.8. The Kier molecular flexibility index (Phi) is 8.37. The lowest BCUT2D eigenvalue weighted by atomic mass is 9.83. The van der Waals surface area contributed by atoms with Gasteiger partial charge in [0.1, 0.15) is 12.4 Å². The summed E-state index contributed by atoms with van der Waals surface area (Å²) in [6.07, 6.45) is 2.12. The summed E-state index contributed by atoms with van der Waals surface area (Å²) in [6.45, 7) is 0.0608. The van der Waals surface area contributed by atoms with E-state index in [-0.39, 0.29) is 41.2 Å². The van der Waals surface area contributed by atoms with E-state index >= 15 is 0 Å². The smallest absolute Gasteiger partial charge is 0.496 e. The summed E-state index contributed by atoms with van der Waals surface area (Å²) in [5.41, 5.74) is -4.83. The largest absolute Gasteiger partial charge is 0.501 e. The first-order valence-electron chi connectivity index (χ1n) is 13.5. The predicted octanol–water partition coefficient (Wildman–Crippen LogP) is 5.49. The molecular weight excluding hydrogens is 592 g/mol. The minimum Gasteiger partial charge on any atom is -0.496 e. The fraction of sp³-hybridized carbons (Fsp3) is 0.333. The van der Waals surface area contributed by atoms with Crippen molar-refractivity contribution in [2.45, 2.75) is 42.3 Å². The van der Waals surface area contributed by atoms with Gasteiger partial charge in [0.25, 0.3) is 15.7 Å². The number of nitrogens with one attached hydrogen (secondary N) is 2. The van der Waals surface area contributed by atoms with Crippen molar-refractivity contribution in [2.24, 2.45) is 17.8 Å². The van der Waals surface area contributed by atoms with E-state index in [2.05, 4.69) is 10.6 Å². The Morgan fingerprint density at radius 2 is 1.67 bits per heavy atom. The third-order valence-corrected chi connectivity index (χ3v) is 9.45. The minimum absolute atomic E-state index is 0.000971. The maximum absolute atomic E-state index is 14.8. The number of sulfone groups is 1. The van der Waals surface area contributed by atoms with Gasteiger partial charge >= 0.3 is 5.51 Å². The second kappa shape index (κ2) is 11.9. The quantitative estimate of drug-likeness (QED) is 0.306. The Labute approximate surface area is 245 Å². The van der Waals surface area contributed by atoms with Crippen molar-refractivity contribution < 1.29 is 45.0 Å². The molecule has 2 aliphatic rings. The SMILES string of the molecule is COc1cc(F)c(OCc2ccccc2)cc1C(=O)N[C@@H]1[C@H]2CC[C@H](C2)[C@@H]1C(=O)Nc1cccc(S(=O)(=O)C(F)(F)F)c1. The molecule has 0 aliphatic heterocycles. The molecule has 43 heavy (non-hydrogen) atoms. The Hall–Kier alpha value is -4.13. The number of halogens is 4. The molecule has 13 heteroatoms. The van der Waals surface area contributed by atoms with Crippen LogP contribution in [0.15, 0.2) is 71.6 Å². The lowest BCUT2D eigenvalue weighted by Gasteiger charge is -2.31. The summed E-state index contributed by atoms with van der Waals surface area (Å²) in [5, 5.41) is 5.42. The molecule has 3 aromatic carbocycles. The van der Waals surface area contributed by atoms with E-state index in [1.54, 1.807) is 12.1 Å². The number of carbonyl (C=O) groups excluding carboxylic acids is 2. The Morgan fingerprint density at radius 3 is 2.37 bits per heavy atom. The third-order valence-electron chi connectivity index (χ3n) is 7.97. The molecule has 0 radical (unpaired) electrons. The number of hydrogen-bond donors (Lipinski definition) is 2. The van der Waals surface area contributed by atoms with E-state index in [4.69, 9.17) is 9.47 Å². The van der Waals surface area contributed by atoms with Crippen LogP contribution in [0, 0.1) is 23.6 Å². The highest BCUT2D eigenvalue weighted by molar-refractivity contribution is 7.92. The van der Waals surface area contributed by atoms with Gasteiger partial charge in [0.2, 0.25) is 5.91 Å². The second-order valence-corrected chi connectivity index (χ2v) is 12.5. The standard InChI is InChI=1S/C30H28F4N2O6S/c1-41-24-15-23(31)25(42-16-17-6-3-2-4-7-17)14-22(24)28(37)36-27-19-11-10-18(12-19)26(27)29(38)35-20-8-5-9-21(13-20)43(39,40)30(32,33)34/h2-9,13-15,18-19,26-27H,10-12,16H2,1H3,(H,35,38)(H,36,37)/t18-,19+,26+,27-/m1/s1. The molecule has 2 saturated carbocycles. The first kappa shape index (κ1) is 30.3. The van der Waals surface area contributed by atoms with Crippen molar-refractivity contribution in [3.8, 4) is 11.5 Å². The van der Waals surface area contributed by atoms with Gasteiger partial charge in [0, 0.05) is 17.8 Å². The van der Waals surface area contributed by atoms with Gasteiger partial charge in [-0.3, -0.25) is 9.59 Å². The minimum atomic E-state index is -5.61. The van der Waals surface area contributed by atoms with E-state index in [0.29, 0.717) is 6.42 Å². The van der Waals surface area contributed by atoms with Crippen molar-refractivity contribution in [1.29, 1.82) is 0 Å². The zero-order valence-corrected chi connectivity index (χ0v) is 23.7. The topological polar surface area (TPSA) is 111 Å². The second-order valence-electron chi connectivity index (χ2n) is 10.6. The van der Waals surface area contributed by atoms with Gasteiger partial charge in [-0.05, 0) is 60.9 Å². The van der Waals surface area contributed by atoms with Crippen LogP contribution in [-0.2, 0) is 21.2 Å². The number of rotatable bonds is 9. The highest BCUT2D eigenvalue weighted by Gasteiger charge is 2.52. The molecule has 8 nitrogen and oxygen atoms in total. The molecule has 4 atom stereocenters.